The number of aliphatic hydroxyl groups excluding tert-OH is 2. The monoisotopic (exact) mass is 1110 g/mol. The molecule has 4 aromatic rings. The zero-order chi connectivity index (χ0) is 58.1. The molecule has 12 atom stereocenters. The first-order valence-electron chi connectivity index (χ1n) is 25.5. The molecule has 2 amide bonds. The summed E-state index contributed by atoms with van der Waals surface area (Å²) in [4.78, 5) is 96.9. The lowest BCUT2D eigenvalue weighted by Crippen LogP contribution is -2.66. The molecule has 2 aliphatic heterocycles. The Hall–Kier alpha value is -7.43. The van der Waals surface area contributed by atoms with Crippen molar-refractivity contribution in [2.24, 2.45) is 11.7 Å². The Balaban J connectivity index is 0.916. The third-order valence-corrected chi connectivity index (χ3v) is 16.6. The number of benzene rings is 4. The summed E-state index contributed by atoms with van der Waals surface area (Å²) in [6.07, 6.45) is -15.0. The first-order valence-corrected chi connectivity index (χ1v) is 25.5. The molecule has 0 aromatic heterocycles. The minimum Gasteiger partial charge on any atom is -0.507 e. The number of Topliss-reactive ketones (excluding diaryl/α,β-unsaturated/α-hetero) is 2. The van der Waals surface area contributed by atoms with E-state index in [0.29, 0.717) is 10.0 Å². The summed E-state index contributed by atoms with van der Waals surface area (Å²) in [7, 11) is 2.55. The fourth-order valence-corrected chi connectivity index (χ4v) is 12.2. The number of aliphatic hydroxyl groups is 4. The maximum absolute atomic E-state index is 14.4. The van der Waals surface area contributed by atoms with Crippen molar-refractivity contribution in [3.05, 3.63) is 103 Å². The summed E-state index contributed by atoms with van der Waals surface area (Å²) in [5.41, 5.74) is -8.58. The summed E-state index contributed by atoms with van der Waals surface area (Å²) < 4.78 is 35.4. The Bertz CT molecular complexity index is 3170. The Morgan fingerprint density at radius 1 is 0.575 bits per heavy atom. The van der Waals surface area contributed by atoms with Gasteiger partial charge in [-0.15, -0.1) is 0 Å². The lowest BCUT2D eigenvalue weighted by atomic mass is 9.72. The van der Waals surface area contributed by atoms with E-state index < -0.39 is 197 Å². The zero-order valence-corrected chi connectivity index (χ0v) is 43.9. The van der Waals surface area contributed by atoms with Gasteiger partial charge in [0.15, 0.2) is 35.7 Å². The van der Waals surface area contributed by atoms with Crippen molar-refractivity contribution < 1.29 is 103 Å². The number of hydrogen-bond acceptors (Lipinski definition) is 23. The van der Waals surface area contributed by atoms with Gasteiger partial charge in [-0.3, -0.25) is 38.8 Å². The van der Waals surface area contributed by atoms with E-state index in [9.17, 15) is 74.4 Å². The largest absolute Gasteiger partial charge is 0.507 e. The van der Waals surface area contributed by atoms with Crippen molar-refractivity contribution in [2.75, 3.05) is 14.2 Å². The number of nitrogens with two attached hydrogens (primary N) is 2. The number of carbonyl (C=O) groups is 7. The van der Waals surface area contributed by atoms with Gasteiger partial charge in [-0.05, 0) is 39.8 Å². The SMILES string of the molecule is COc1cccc2c1C(=O)c1c(O)c3c(c(O)c1C2=O)C[C@@](O)(C(C)=O)C[C@@H]3OC1CC(N(N)C(=O)N(N)C2CC(O[C@H]3C[C@](O)(C(C)=O)Cc4c(O)c5c(c(O)c43)C(=O)c3c(OC)cccc3C5=O)OC(C)C2O)C(O)C(C)O1. The Morgan fingerprint density at radius 2 is 0.925 bits per heavy atom. The summed E-state index contributed by atoms with van der Waals surface area (Å²) >= 11 is 0. The second-order valence-electron chi connectivity index (χ2n) is 21.2. The number of methoxy groups -OCH3 is 2. The van der Waals surface area contributed by atoms with Crippen molar-refractivity contribution in [3.8, 4) is 34.5 Å². The number of hydrogen-bond donors (Lipinski definition) is 10. The van der Waals surface area contributed by atoms with Crippen LogP contribution in [0.15, 0.2) is 36.4 Å². The number of ketones is 6. The van der Waals surface area contributed by atoms with Crippen molar-refractivity contribution in [1.29, 1.82) is 0 Å². The molecule has 0 radical (unpaired) electrons. The Labute approximate surface area is 454 Å². The van der Waals surface area contributed by atoms with E-state index in [2.05, 4.69) is 0 Å². The van der Waals surface area contributed by atoms with Gasteiger partial charge >= 0.3 is 6.03 Å². The summed E-state index contributed by atoms with van der Waals surface area (Å²) in [6.45, 7) is 4.97. The van der Waals surface area contributed by atoms with Gasteiger partial charge in [-0.1, -0.05) is 24.3 Å². The normalized spacial score (nSPS) is 29.5. The molecule has 12 N–H and O–H groups in total. The highest BCUT2D eigenvalue weighted by atomic mass is 16.7. The molecular formula is C55H58N4O21. The van der Waals surface area contributed by atoms with E-state index in [0.717, 1.165) is 13.8 Å². The molecule has 4 aliphatic carbocycles. The standard InChI is InChI=1S/C55H58N4O21/c1-19-43(62)27(13-33(77-19)79-31-17-54(73,21(3)60)15-25-37(31)51(70)41-39(47(25)66)45(64)23-9-7-11-29(75-5)35(23)49(41)68)58(56)53(72)59(57)28-14-34(78-20(2)44(28)63)80-32-18-55(74,22(4)61)16-26-38(32)52(71)42-40(48(26)67)46(65)24-10-8-12-30(76-6)36(24)50(42)69/h7-12,19-20,27-28,31-34,43-44,62-63,66-67,70-71,73-74H,13-18,56-57H2,1-6H3/t19?,20?,27?,28?,31-,32-,33?,34?,43?,44?,54-,55-/m0/s1. The zero-order valence-electron chi connectivity index (χ0n) is 43.9. The van der Waals surface area contributed by atoms with E-state index in [1.165, 1.54) is 64.5 Å². The van der Waals surface area contributed by atoms with Gasteiger partial charge in [0, 0.05) is 71.9 Å². The van der Waals surface area contributed by atoms with Crippen LogP contribution in [0.5, 0.6) is 34.5 Å². The highest BCUT2D eigenvalue weighted by Crippen LogP contribution is 2.55. The van der Waals surface area contributed by atoms with Crippen molar-refractivity contribution in [3.63, 3.8) is 0 Å². The van der Waals surface area contributed by atoms with Crippen LogP contribution in [-0.2, 0) is 41.4 Å². The molecule has 2 fully saturated rings. The van der Waals surface area contributed by atoms with Crippen LogP contribution >= 0.6 is 0 Å². The van der Waals surface area contributed by atoms with Gasteiger partial charge in [0.2, 0.25) is 11.6 Å². The Kier molecular flexibility index (Phi) is 14.0. The molecule has 0 spiro atoms. The van der Waals surface area contributed by atoms with Gasteiger partial charge < -0.3 is 69.3 Å². The number of fused-ring (bicyclic) bond motifs is 6. The topological polar surface area (TPSA) is 395 Å². The number of amides is 2. The second kappa shape index (κ2) is 20.0. The average Bonchev–Trinajstić information content (AvgIpc) is 3.41. The van der Waals surface area contributed by atoms with E-state index in [-0.39, 0.29) is 56.0 Å². The maximum atomic E-state index is 14.4. The maximum Gasteiger partial charge on any atom is 0.348 e. The lowest BCUT2D eigenvalue weighted by molar-refractivity contribution is -0.260. The molecule has 8 unspecified atom stereocenters. The highest BCUT2D eigenvalue weighted by Gasteiger charge is 2.53. The van der Waals surface area contributed by atoms with Crippen molar-refractivity contribution >= 4 is 40.7 Å². The summed E-state index contributed by atoms with van der Waals surface area (Å²) in [5.74, 6) is 4.78. The smallest absolute Gasteiger partial charge is 0.348 e. The third kappa shape index (κ3) is 8.49. The van der Waals surface area contributed by atoms with Crippen molar-refractivity contribution in [1.82, 2.24) is 10.0 Å². The molecule has 80 heavy (non-hydrogen) atoms. The van der Waals surface area contributed by atoms with Crippen LogP contribution in [0, 0.1) is 0 Å². The summed E-state index contributed by atoms with van der Waals surface area (Å²) in [5, 5.41) is 95.2. The van der Waals surface area contributed by atoms with Gasteiger partial charge in [-0.2, -0.15) is 0 Å². The predicted molar refractivity (Wildman–Crippen MR) is 270 cm³/mol. The third-order valence-electron chi connectivity index (χ3n) is 16.6. The van der Waals surface area contributed by atoms with E-state index in [1.54, 1.807) is 0 Å². The van der Waals surface area contributed by atoms with Crippen LogP contribution in [0.25, 0.3) is 0 Å². The van der Waals surface area contributed by atoms with E-state index in [4.69, 9.17) is 40.1 Å². The predicted octanol–water partition coefficient (Wildman–Crippen LogP) is 1.63. The average molecular weight is 1110 g/mol. The van der Waals surface area contributed by atoms with Crippen LogP contribution < -0.4 is 21.2 Å². The minimum atomic E-state index is -2.27. The summed E-state index contributed by atoms with van der Waals surface area (Å²) in [6, 6.07) is 4.38. The first-order chi connectivity index (χ1) is 37.7. The number of carbonyl (C=O) groups excluding carboxylic acids is 7. The van der Waals surface area contributed by atoms with E-state index in [1.807, 2.05) is 0 Å². The fourth-order valence-electron chi connectivity index (χ4n) is 12.2. The molecule has 25 nitrogen and oxygen atoms in total. The minimum absolute atomic E-state index is 0.00669. The van der Waals surface area contributed by atoms with E-state index >= 15 is 0 Å². The molecule has 0 bridgehead atoms. The van der Waals surface area contributed by atoms with Crippen LogP contribution in [0.4, 0.5) is 4.79 Å². The number of aromatic hydroxyl groups is 4. The number of nitrogens with zero attached hydrogens (tertiary/aromatic N) is 2. The number of rotatable bonds is 10. The Morgan fingerprint density at radius 3 is 1.26 bits per heavy atom. The number of phenols is 4. The van der Waals surface area contributed by atoms with Crippen LogP contribution in [-0.4, -0.2) is 166 Å². The fraction of sp³-hybridized carbons (Fsp3) is 0.436. The number of hydrazine groups is 2. The molecule has 424 valence electrons. The molecule has 25 heteroatoms. The molecule has 10 rings (SSSR count). The van der Waals surface area contributed by atoms with Gasteiger partial charge in [0.1, 0.15) is 57.9 Å². The number of urea groups is 1. The molecule has 4 aromatic carbocycles. The molecule has 2 heterocycles. The van der Waals surface area contributed by atoms with Crippen LogP contribution in [0.2, 0.25) is 0 Å². The number of phenolic OH excluding ortho intramolecular Hbond substituents is 4. The van der Waals surface area contributed by atoms with Crippen LogP contribution in [0.1, 0.15) is 152 Å². The highest BCUT2D eigenvalue weighted by molar-refractivity contribution is 6.32. The van der Waals surface area contributed by atoms with Gasteiger partial charge in [0.25, 0.3) is 0 Å². The number of ether oxygens (including phenoxy) is 6. The molecule has 2 saturated heterocycles. The lowest BCUT2D eigenvalue weighted by Gasteiger charge is -2.46. The molecular weight excluding hydrogens is 1050 g/mol. The quantitative estimate of drug-likeness (QED) is 0.0403. The van der Waals surface area contributed by atoms with Gasteiger partial charge in [-0.25, -0.2) is 16.5 Å². The van der Waals surface area contributed by atoms with Gasteiger partial charge in [0.05, 0.1) is 84.1 Å². The van der Waals surface area contributed by atoms with Crippen LogP contribution in [0.3, 0.4) is 0 Å². The van der Waals surface area contributed by atoms with Crippen molar-refractivity contribution in [2.45, 2.75) is 139 Å². The molecule has 0 saturated carbocycles. The first kappa shape index (κ1) is 55.9. The second-order valence-corrected chi connectivity index (χ2v) is 21.2. The molecule has 6 aliphatic rings.